The van der Waals surface area contributed by atoms with Crippen molar-refractivity contribution in [2.45, 2.75) is 38.6 Å². The highest BCUT2D eigenvalue weighted by atomic mass is 15.2. The van der Waals surface area contributed by atoms with Crippen LogP contribution >= 0.6 is 0 Å². The van der Waals surface area contributed by atoms with Gasteiger partial charge in [0.25, 0.3) is 0 Å². The molecule has 0 spiro atoms. The maximum Gasteiger partial charge on any atom is 0.222 e. The van der Waals surface area contributed by atoms with Gasteiger partial charge in [-0.1, -0.05) is 12.8 Å². The van der Waals surface area contributed by atoms with Crippen molar-refractivity contribution in [3.8, 4) is 0 Å². The summed E-state index contributed by atoms with van der Waals surface area (Å²) in [6.45, 7) is 2.96. The number of nitrogen functional groups attached to an aromatic ring is 1. The Kier molecular flexibility index (Phi) is 3.99. The largest absolute Gasteiger partial charge is 0.368 e. The van der Waals surface area contributed by atoms with Gasteiger partial charge in [-0.05, 0) is 37.5 Å². The third kappa shape index (κ3) is 3.12. The zero-order chi connectivity index (χ0) is 14.7. The van der Waals surface area contributed by atoms with Crippen LogP contribution < -0.4 is 10.6 Å². The fraction of sp³-hybridized carbons (Fsp3) is 0.438. The normalized spacial score (nSPS) is 19.3. The standard InChI is InChI=1S/C16H21N5/c1-12-11-15(20-16(17)19-12)21-10-4-2-3-5-14(21)13-6-8-18-9-7-13/h6-9,11,14H,2-5,10H2,1H3,(H2,17,19,20)/t14-/m1/s1. The van der Waals surface area contributed by atoms with Crippen LogP contribution in [0, 0.1) is 6.92 Å². The van der Waals surface area contributed by atoms with Crippen LogP contribution in [-0.2, 0) is 0 Å². The average molecular weight is 283 g/mol. The summed E-state index contributed by atoms with van der Waals surface area (Å²) in [5.41, 5.74) is 8.04. The van der Waals surface area contributed by atoms with Gasteiger partial charge in [0.2, 0.25) is 5.95 Å². The van der Waals surface area contributed by atoms with E-state index in [2.05, 4.69) is 32.0 Å². The molecule has 0 aliphatic carbocycles. The molecule has 3 heterocycles. The number of aryl methyl sites for hydroxylation is 1. The van der Waals surface area contributed by atoms with E-state index in [9.17, 15) is 0 Å². The molecule has 5 nitrogen and oxygen atoms in total. The summed E-state index contributed by atoms with van der Waals surface area (Å²) in [5.74, 6) is 1.28. The Labute approximate surface area is 125 Å². The quantitative estimate of drug-likeness (QED) is 0.918. The van der Waals surface area contributed by atoms with Crippen LogP contribution in [-0.4, -0.2) is 21.5 Å². The Morgan fingerprint density at radius 1 is 1.14 bits per heavy atom. The Morgan fingerprint density at radius 2 is 1.95 bits per heavy atom. The van der Waals surface area contributed by atoms with Crippen LogP contribution in [0.1, 0.15) is 43.0 Å². The maximum absolute atomic E-state index is 5.83. The summed E-state index contributed by atoms with van der Waals surface area (Å²) in [6, 6.07) is 6.56. The van der Waals surface area contributed by atoms with E-state index >= 15 is 0 Å². The van der Waals surface area contributed by atoms with Crippen LogP contribution in [0.25, 0.3) is 0 Å². The third-order valence-corrected chi connectivity index (χ3v) is 4.00. The lowest BCUT2D eigenvalue weighted by Crippen LogP contribution is -2.29. The van der Waals surface area contributed by atoms with Gasteiger partial charge < -0.3 is 10.6 Å². The molecule has 0 amide bonds. The molecule has 3 rings (SSSR count). The van der Waals surface area contributed by atoms with E-state index in [1.165, 1.54) is 24.8 Å². The summed E-state index contributed by atoms with van der Waals surface area (Å²) >= 11 is 0. The smallest absolute Gasteiger partial charge is 0.222 e. The molecule has 1 saturated heterocycles. The molecule has 21 heavy (non-hydrogen) atoms. The van der Waals surface area contributed by atoms with Crippen molar-refractivity contribution in [3.05, 3.63) is 41.9 Å². The van der Waals surface area contributed by atoms with Gasteiger partial charge in [0.1, 0.15) is 5.82 Å². The molecule has 2 aromatic heterocycles. The first-order chi connectivity index (χ1) is 10.2. The van der Waals surface area contributed by atoms with Gasteiger partial charge in [0.15, 0.2) is 0 Å². The zero-order valence-electron chi connectivity index (χ0n) is 12.4. The Hall–Kier alpha value is -2.17. The van der Waals surface area contributed by atoms with Gasteiger partial charge in [-0.15, -0.1) is 0 Å². The lowest BCUT2D eigenvalue weighted by molar-refractivity contribution is 0.596. The highest BCUT2D eigenvalue weighted by Crippen LogP contribution is 2.33. The summed E-state index contributed by atoms with van der Waals surface area (Å²) in [6.07, 6.45) is 8.54. The van der Waals surface area contributed by atoms with Crippen molar-refractivity contribution in [1.82, 2.24) is 15.0 Å². The first-order valence-electron chi connectivity index (χ1n) is 7.52. The molecule has 2 aromatic rings. The van der Waals surface area contributed by atoms with Gasteiger partial charge in [-0.2, -0.15) is 4.98 Å². The minimum atomic E-state index is 0.337. The highest BCUT2D eigenvalue weighted by Gasteiger charge is 2.24. The average Bonchev–Trinajstić information content (AvgIpc) is 2.73. The summed E-state index contributed by atoms with van der Waals surface area (Å²) in [4.78, 5) is 15.1. The Balaban J connectivity index is 1.99. The van der Waals surface area contributed by atoms with Crippen LogP contribution in [0.15, 0.2) is 30.6 Å². The van der Waals surface area contributed by atoms with Gasteiger partial charge in [-0.3, -0.25) is 4.98 Å². The number of anilines is 2. The molecule has 0 radical (unpaired) electrons. The predicted octanol–water partition coefficient (Wildman–Crippen LogP) is 2.88. The van der Waals surface area contributed by atoms with E-state index in [1.807, 2.05) is 25.4 Å². The molecule has 1 atom stereocenters. The van der Waals surface area contributed by atoms with Gasteiger partial charge >= 0.3 is 0 Å². The van der Waals surface area contributed by atoms with E-state index in [4.69, 9.17) is 5.73 Å². The van der Waals surface area contributed by atoms with Crippen molar-refractivity contribution < 1.29 is 0 Å². The molecule has 0 bridgehead atoms. The molecule has 5 heteroatoms. The predicted molar refractivity (Wildman–Crippen MR) is 84.0 cm³/mol. The van der Waals surface area contributed by atoms with Crippen LogP contribution in [0.3, 0.4) is 0 Å². The lowest BCUT2D eigenvalue weighted by atomic mass is 10.0. The second-order valence-corrected chi connectivity index (χ2v) is 5.56. The van der Waals surface area contributed by atoms with E-state index in [0.29, 0.717) is 12.0 Å². The topological polar surface area (TPSA) is 67.9 Å². The molecular weight excluding hydrogens is 262 g/mol. The van der Waals surface area contributed by atoms with Crippen molar-refractivity contribution >= 4 is 11.8 Å². The Morgan fingerprint density at radius 3 is 2.71 bits per heavy atom. The minimum absolute atomic E-state index is 0.337. The molecule has 1 fully saturated rings. The monoisotopic (exact) mass is 283 g/mol. The van der Waals surface area contributed by atoms with Gasteiger partial charge in [0, 0.05) is 30.7 Å². The second kappa shape index (κ2) is 6.08. The summed E-state index contributed by atoms with van der Waals surface area (Å²) in [7, 11) is 0. The fourth-order valence-corrected chi connectivity index (χ4v) is 3.04. The lowest BCUT2D eigenvalue weighted by Gasteiger charge is -2.31. The van der Waals surface area contributed by atoms with Crippen LogP contribution in [0.4, 0.5) is 11.8 Å². The third-order valence-electron chi connectivity index (χ3n) is 4.00. The van der Waals surface area contributed by atoms with E-state index in [1.54, 1.807) is 0 Å². The van der Waals surface area contributed by atoms with Crippen LogP contribution in [0.5, 0.6) is 0 Å². The zero-order valence-corrected chi connectivity index (χ0v) is 12.4. The number of pyridine rings is 1. The molecule has 0 aromatic carbocycles. The number of nitrogens with two attached hydrogens (primary N) is 1. The molecule has 0 unspecified atom stereocenters. The summed E-state index contributed by atoms with van der Waals surface area (Å²) in [5, 5.41) is 0. The number of hydrogen-bond donors (Lipinski definition) is 1. The molecule has 1 aliphatic rings. The Bertz CT molecular complexity index is 579. The first-order valence-corrected chi connectivity index (χ1v) is 7.52. The molecule has 0 saturated carbocycles. The molecular formula is C16H21N5. The number of nitrogens with zero attached hydrogens (tertiary/aromatic N) is 4. The first kappa shape index (κ1) is 13.8. The van der Waals surface area contributed by atoms with Gasteiger partial charge in [-0.25, -0.2) is 4.98 Å². The molecule has 110 valence electrons. The highest BCUT2D eigenvalue weighted by molar-refractivity contribution is 5.46. The molecule has 2 N–H and O–H groups in total. The van der Waals surface area contributed by atoms with Gasteiger partial charge in [0.05, 0.1) is 6.04 Å². The van der Waals surface area contributed by atoms with Crippen molar-refractivity contribution in [1.29, 1.82) is 0 Å². The maximum atomic E-state index is 5.83. The number of hydrogen-bond acceptors (Lipinski definition) is 5. The van der Waals surface area contributed by atoms with Crippen molar-refractivity contribution in [3.63, 3.8) is 0 Å². The van der Waals surface area contributed by atoms with Crippen molar-refractivity contribution in [2.75, 3.05) is 17.2 Å². The number of aromatic nitrogens is 3. The van der Waals surface area contributed by atoms with Crippen molar-refractivity contribution in [2.24, 2.45) is 0 Å². The van der Waals surface area contributed by atoms with E-state index < -0.39 is 0 Å². The fourth-order valence-electron chi connectivity index (χ4n) is 3.04. The minimum Gasteiger partial charge on any atom is -0.368 e. The van der Waals surface area contributed by atoms with E-state index in [0.717, 1.165) is 24.5 Å². The SMILES string of the molecule is Cc1cc(N2CCCCC[C@@H]2c2ccncc2)nc(N)n1. The molecule has 1 aliphatic heterocycles. The second-order valence-electron chi connectivity index (χ2n) is 5.56. The van der Waals surface area contributed by atoms with Crippen LogP contribution in [0.2, 0.25) is 0 Å². The summed E-state index contributed by atoms with van der Waals surface area (Å²) < 4.78 is 0. The number of rotatable bonds is 2. The van der Waals surface area contributed by atoms with E-state index in [-0.39, 0.29) is 0 Å².